The Balaban J connectivity index is 1.38. The maximum Gasteiger partial charge on any atom is 0.272 e. The molecular weight excluding hydrogens is 454 g/mol. The number of carbonyl (C=O) groups excluding carboxylic acids is 2. The van der Waals surface area contributed by atoms with Crippen LogP contribution < -0.4 is 10.6 Å². The van der Waals surface area contributed by atoms with Crippen LogP contribution in [-0.2, 0) is 20.1 Å². The SMILES string of the molecule is Cc1c(C)n(Cc2ccccc2)c2ccc(C(=O)Nc3cnn(C)c3C(=O)NCc3ccco3)cc12. The van der Waals surface area contributed by atoms with Gasteiger partial charge < -0.3 is 19.6 Å². The van der Waals surface area contributed by atoms with Crippen molar-refractivity contribution >= 4 is 28.4 Å². The smallest absolute Gasteiger partial charge is 0.272 e. The van der Waals surface area contributed by atoms with Crippen molar-refractivity contribution in [2.75, 3.05) is 5.32 Å². The Kier molecular flexibility index (Phi) is 6.16. The Labute approximate surface area is 208 Å². The number of nitrogens with one attached hydrogen (secondary N) is 2. The summed E-state index contributed by atoms with van der Waals surface area (Å²) in [6.45, 7) is 5.17. The standard InChI is InChI=1S/C28H27N5O3/c1-18-19(2)33(17-20-8-5-4-6-9-20)25-12-11-21(14-23(18)25)27(34)31-24-16-30-32(3)26(24)28(35)29-15-22-10-7-13-36-22/h4-14,16H,15,17H2,1-3H3,(H,29,35)(H,31,34). The van der Waals surface area contributed by atoms with Crippen molar-refractivity contribution in [2.45, 2.75) is 26.9 Å². The summed E-state index contributed by atoms with van der Waals surface area (Å²) in [5, 5.41) is 10.8. The number of aromatic nitrogens is 3. The van der Waals surface area contributed by atoms with Crippen LogP contribution in [0.1, 0.15) is 43.4 Å². The van der Waals surface area contributed by atoms with Crippen molar-refractivity contribution in [2.24, 2.45) is 7.05 Å². The second kappa shape index (κ2) is 9.58. The second-order valence-corrected chi connectivity index (χ2v) is 8.76. The first-order valence-electron chi connectivity index (χ1n) is 11.7. The van der Waals surface area contributed by atoms with Gasteiger partial charge in [-0.3, -0.25) is 14.3 Å². The van der Waals surface area contributed by atoms with Gasteiger partial charge in [0.1, 0.15) is 11.5 Å². The highest BCUT2D eigenvalue weighted by atomic mass is 16.3. The van der Waals surface area contributed by atoms with E-state index in [1.807, 2.05) is 36.4 Å². The molecule has 3 aromatic heterocycles. The molecule has 0 fully saturated rings. The molecule has 2 amide bonds. The minimum Gasteiger partial charge on any atom is -0.467 e. The third-order valence-electron chi connectivity index (χ3n) is 6.49. The number of benzene rings is 2. The molecule has 0 atom stereocenters. The number of hydrogen-bond donors (Lipinski definition) is 2. The van der Waals surface area contributed by atoms with Gasteiger partial charge in [-0.15, -0.1) is 0 Å². The van der Waals surface area contributed by atoms with E-state index >= 15 is 0 Å². The number of anilines is 1. The Morgan fingerprint density at radius 1 is 1.00 bits per heavy atom. The molecule has 5 aromatic rings. The first-order valence-corrected chi connectivity index (χ1v) is 11.7. The van der Waals surface area contributed by atoms with E-state index in [1.165, 1.54) is 16.4 Å². The number of hydrogen-bond acceptors (Lipinski definition) is 4. The zero-order valence-electron chi connectivity index (χ0n) is 20.4. The van der Waals surface area contributed by atoms with Crippen molar-refractivity contribution in [1.29, 1.82) is 0 Å². The maximum atomic E-state index is 13.2. The Morgan fingerprint density at radius 3 is 2.56 bits per heavy atom. The summed E-state index contributed by atoms with van der Waals surface area (Å²) >= 11 is 0. The molecule has 0 saturated heterocycles. The predicted octanol–water partition coefficient (Wildman–Crippen LogP) is 4.82. The highest BCUT2D eigenvalue weighted by Crippen LogP contribution is 2.28. The minimum atomic E-state index is -0.360. The molecule has 0 aliphatic carbocycles. The van der Waals surface area contributed by atoms with E-state index in [2.05, 4.69) is 46.3 Å². The van der Waals surface area contributed by atoms with Crippen molar-refractivity contribution in [3.63, 3.8) is 0 Å². The molecule has 0 saturated carbocycles. The second-order valence-electron chi connectivity index (χ2n) is 8.76. The molecule has 182 valence electrons. The number of nitrogens with zero attached hydrogens (tertiary/aromatic N) is 3. The number of rotatable bonds is 7. The van der Waals surface area contributed by atoms with Gasteiger partial charge in [0, 0.05) is 35.8 Å². The van der Waals surface area contributed by atoms with Gasteiger partial charge >= 0.3 is 0 Å². The molecule has 0 unspecified atom stereocenters. The fourth-order valence-electron chi connectivity index (χ4n) is 4.42. The quantitative estimate of drug-likeness (QED) is 0.349. The highest BCUT2D eigenvalue weighted by Gasteiger charge is 2.20. The largest absolute Gasteiger partial charge is 0.467 e. The molecule has 5 rings (SSSR count). The average molecular weight is 482 g/mol. The third kappa shape index (κ3) is 4.40. The van der Waals surface area contributed by atoms with E-state index in [0.29, 0.717) is 17.0 Å². The fourth-order valence-corrected chi connectivity index (χ4v) is 4.42. The van der Waals surface area contributed by atoms with E-state index < -0.39 is 0 Å². The van der Waals surface area contributed by atoms with Crippen molar-refractivity contribution in [3.05, 3.63) is 107 Å². The molecular formula is C28H27N5O3. The summed E-state index contributed by atoms with van der Waals surface area (Å²) in [6, 6.07) is 19.5. The van der Waals surface area contributed by atoms with Crippen LogP contribution in [0.2, 0.25) is 0 Å². The van der Waals surface area contributed by atoms with Gasteiger partial charge in [0.2, 0.25) is 0 Å². The number of amides is 2. The summed E-state index contributed by atoms with van der Waals surface area (Å²) in [7, 11) is 1.66. The predicted molar refractivity (Wildman–Crippen MR) is 138 cm³/mol. The average Bonchev–Trinajstić information content (AvgIpc) is 3.59. The molecule has 0 bridgehead atoms. The van der Waals surface area contributed by atoms with Crippen molar-refractivity contribution < 1.29 is 14.0 Å². The van der Waals surface area contributed by atoms with E-state index in [1.54, 1.807) is 25.4 Å². The van der Waals surface area contributed by atoms with Crippen molar-refractivity contribution in [1.82, 2.24) is 19.7 Å². The Morgan fingerprint density at radius 2 is 1.81 bits per heavy atom. The van der Waals surface area contributed by atoms with E-state index in [-0.39, 0.29) is 24.1 Å². The van der Waals surface area contributed by atoms with Gasteiger partial charge in [-0.05, 0) is 55.3 Å². The molecule has 0 spiro atoms. The zero-order valence-corrected chi connectivity index (χ0v) is 20.4. The molecule has 8 heteroatoms. The van der Waals surface area contributed by atoms with Crippen LogP contribution in [-0.4, -0.2) is 26.2 Å². The molecule has 3 heterocycles. The summed E-state index contributed by atoms with van der Waals surface area (Å²) in [4.78, 5) is 26.0. The minimum absolute atomic E-state index is 0.236. The lowest BCUT2D eigenvalue weighted by molar-refractivity contribution is 0.0939. The van der Waals surface area contributed by atoms with E-state index in [0.717, 1.165) is 28.7 Å². The summed E-state index contributed by atoms with van der Waals surface area (Å²) in [6.07, 6.45) is 3.02. The fraction of sp³-hybridized carbons (Fsp3) is 0.179. The van der Waals surface area contributed by atoms with E-state index in [9.17, 15) is 9.59 Å². The van der Waals surface area contributed by atoms with Gasteiger partial charge in [0.15, 0.2) is 0 Å². The lowest BCUT2D eigenvalue weighted by Gasteiger charge is -2.10. The van der Waals surface area contributed by atoms with Gasteiger partial charge in [-0.25, -0.2) is 0 Å². The number of fused-ring (bicyclic) bond motifs is 1. The van der Waals surface area contributed by atoms with Gasteiger partial charge in [0.25, 0.3) is 11.8 Å². The topological polar surface area (TPSA) is 94.1 Å². The van der Waals surface area contributed by atoms with Crippen LogP contribution in [0, 0.1) is 13.8 Å². The summed E-state index contributed by atoms with van der Waals surface area (Å²) < 4.78 is 8.97. The molecule has 0 radical (unpaired) electrons. The molecule has 8 nitrogen and oxygen atoms in total. The molecule has 2 aromatic carbocycles. The normalized spacial score (nSPS) is 11.1. The first-order chi connectivity index (χ1) is 17.4. The van der Waals surface area contributed by atoms with Crippen LogP contribution in [0.25, 0.3) is 10.9 Å². The van der Waals surface area contributed by atoms with Crippen LogP contribution in [0.15, 0.2) is 77.5 Å². The maximum absolute atomic E-state index is 13.2. The van der Waals surface area contributed by atoms with Crippen LogP contribution in [0.3, 0.4) is 0 Å². The van der Waals surface area contributed by atoms with Crippen molar-refractivity contribution in [3.8, 4) is 0 Å². The Hall–Kier alpha value is -4.59. The monoisotopic (exact) mass is 481 g/mol. The summed E-state index contributed by atoms with van der Waals surface area (Å²) in [5.41, 5.74) is 5.70. The summed E-state index contributed by atoms with van der Waals surface area (Å²) in [5.74, 6) is -0.0336. The third-order valence-corrected chi connectivity index (χ3v) is 6.49. The first kappa shape index (κ1) is 23.2. The number of carbonyl (C=O) groups is 2. The lowest BCUT2D eigenvalue weighted by Crippen LogP contribution is -2.26. The lowest BCUT2D eigenvalue weighted by atomic mass is 10.1. The zero-order chi connectivity index (χ0) is 25.2. The molecule has 36 heavy (non-hydrogen) atoms. The Bertz CT molecular complexity index is 1550. The number of aryl methyl sites for hydroxylation is 2. The van der Waals surface area contributed by atoms with Gasteiger partial charge in [0.05, 0.1) is 24.7 Å². The molecule has 2 N–H and O–H groups in total. The van der Waals surface area contributed by atoms with Crippen LogP contribution in [0.4, 0.5) is 5.69 Å². The van der Waals surface area contributed by atoms with E-state index in [4.69, 9.17) is 4.42 Å². The molecule has 0 aliphatic heterocycles. The highest BCUT2D eigenvalue weighted by molar-refractivity contribution is 6.09. The van der Waals surface area contributed by atoms with Gasteiger partial charge in [-0.1, -0.05) is 30.3 Å². The van der Waals surface area contributed by atoms with Gasteiger partial charge in [-0.2, -0.15) is 5.10 Å². The number of furan rings is 1. The van der Waals surface area contributed by atoms with Crippen LogP contribution in [0.5, 0.6) is 0 Å². The van der Waals surface area contributed by atoms with Crippen LogP contribution >= 0.6 is 0 Å². The molecule has 0 aliphatic rings.